The first-order valence-corrected chi connectivity index (χ1v) is 7.55. The van der Waals surface area contributed by atoms with Gasteiger partial charge in [-0.2, -0.15) is 0 Å². The number of amides is 1. The molecule has 1 heterocycles. The van der Waals surface area contributed by atoms with Crippen LogP contribution in [-0.2, 0) is 11.3 Å². The topological polar surface area (TPSA) is 43.8 Å². The summed E-state index contributed by atoms with van der Waals surface area (Å²) in [7, 11) is 1.84. The molecule has 4 heteroatoms. The van der Waals surface area contributed by atoms with Gasteiger partial charge < -0.3 is 10.0 Å². The molecular formula is C17H26N2O2. The molecule has 1 aromatic rings. The van der Waals surface area contributed by atoms with Crippen LogP contribution in [-0.4, -0.2) is 53.1 Å². The molecule has 1 saturated heterocycles. The number of aliphatic hydroxyl groups is 1. The zero-order valence-electron chi connectivity index (χ0n) is 13.5. The number of likely N-dealkylation sites (N-methyl/N-ethyl adjacent to an activating group) is 1. The number of aryl methyl sites for hydroxylation is 1. The number of hydrogen-bond acceptors (Lipinski definition) is 3. The lowest BCUT2D eigenvalue weighted by molar-refractivity contribution is -0.148. The van der Waals surface area contributed by atoms with Gasteiger partial charge in [0.05, 0.1) is 12.1 Å². The molecule has 0 bridgehead atoms. The molecule has 2 rings (SSSR count). The molecule has 0 atom stereocenters. The van der Waals surface area contributed by atoms with E-state index in [-0.39, 0.29) is 11.8 Å². The normalized spacial score (nSPS) is 17.6. The Balaban J connectivity index is 1.83. The van der Waals surface area contributed by atoms with Crippen molar-refractivity contribution in [3.05, 3.63) is 35.4 Å². The van der Waals surface area contributed by atoms with Crippen molar-refractivity contribution >= 4 is 5.91 Å². The highest BCUT2D eigenvalue weighted by molar-refractivity contribution is 5.78. The monoisotopic (exact) mass is 290 g/mol. The standard InChI is InChI=1S/C17H26N2O2/c1-13(2)17(21)11-19(12-17)10-16(20)18(4)9-15-8-6-5-7-14(15)3/h5-8,13,21H,9-12H2,1-4H3. The van der Waals surface area contributed by atoms with E-state index in [0.717, 1.165) is 0 Å². The number of β-amino-alcohol motifs (C(OH)–C–C–N with tert-alkyl or cyclic N) is 1. The maximum Gasteiger partial charge on any atom is 0.236 e. The van der Waals surface area contributed by atoms with Gasteiger partial charge >= 0.3 is 0 Å². The first-order valence-electron chi connectivity index (χ1n) is 7.55. The van der Waals surface area contributed by atoms with Gasteiger partial charge in [0.15, 0.2) is 0 Å². The van der Waals surface area contributed by atoms with Crippen LogP contribution in [0.1, 0.15) is 25.0 Å². The Labute approximate surface area is 127 Å². The van der Waals surface area contributed by atoms with Crippen LogP contribution >= 0.6 is 0 Å². The van der Waals surface area contributed by atoms with Crippen LogP contribution in [0.2, 0.25) is 0 Å². The molecule has 0 unspecified atom stereocenters. The van der Waals surface area contributed by atoms with Crippen molar-refractivity contribution in [3.8, 4) is 0 Å². The Hall–Kier alpha value is -1.39. The molecule has 4 nitrogen and oxygen atoms in total. The number of carbonyl (C=O) groups excluding carboxylic acids is 1. The second-order valence-corrected chi connectivity index (χ2v) is 6.58. The minimum Gasteiger partial charge on any atom is -0.387 e. The van der Waals surface area contributed by atoms with Crippen LogP contribution in [0.3, 0.4) is 0 Å². The number of carbonyl (C=O) groups is 1. The third-order valence-electron chi connectivity index (χ3n) is 4.52. The van der Waals surface area contributed by atoms with E-state index in [9.17, 15) is 9.90 Å². The van der Waals surface area contributed by atoms with Crippen LogP contribution in [0.15, 0.2) is 24.3 Å². The van der Waals surface area contributed by atoms with E-state index in [1.54, 1.807) is 4.90 Å². The largest absolute Gasteiger partial charge is 0.387 e. The molecule has 0 saturated carbocycles. The summed E-state index contributed by atoms with van der Waals surface area (Å²) >= 11 is 0. The third kappa shape index (κ3) is 3.63. The highest BCUT2D eigenvalue weighted by Gasteiger charge is 2.44. The fourth-order valence-corrected chi connectivity index (χ4v) is 2.65. The van der Waals surface area contributed by atoms with Crippen molar-refractivity contribution in [2.45, 2.75) is 32.9 Å². The Morgan fingerprint density at radius 3 is 2.57 bits per heavy atom. The Bertz CT molecular complexity index is 507. The van der Waals surface area contributed by atoms with E-state index in [2.05, 4.69) is 19.1 Å². The lowest BCUT2D eigenvalue weighted by Gasteiger charge is -2.49. The number of nitrogens with zero attached hydrogens (tertiary/aromatic N) is 2. The minimum absolute atomic E-state index is 0.101. The second-order valence-electron chi connectivity index (χ2n) is 6.58. The van der Waals surface area contributed by atoms with Gasteiger partial charge in [-0.1, -0.05) is 38.1 Å². The molecule has 1 aliphatic heterocycles. The molecular weight excluding hydrogens is 264 g/mol. The average molecular weight is 290 g/mol. The van der Waals surface area contributed by atoms with Gasteiger partial charge in [0.1, 0.15) is 0 Å². The summed E-state index contributed by atoms with van der Waals surface area (Å²) in [4.78, 5) is 16.0. The van der Waals surface area contributed by atoms with Crippen LogP contribution in [0.5, 0.6) is 0 Å². The zero-order valence-corrected chi connectivity index (χ0v) is 13.5. The van der Waals surface area contributed by atoms with E-state index in [4.69, 9.17) is 0 Å². The van der Waals surface area contributed by atoms with Gasteiger partial charge in [-0.15, -0.1) is 0 Å². The van der Waals surface area contributed by atoms with E-state index in [1.807, 2.05) is 37.9 Å². The second kappa shape index (κ2) is 6.16. The Morgan fingerprint density at radius 2 is 2.00 bits per heavy atom. The third-order valence-corrected chi connectivity index (χ3v) is 4.52. The summed E-state index contributed by atoms with van der Waals surface area (Å²) in [6.07, 6.45) is 0. The molecule has 0 aliphatic carbocycles. The summed E-state index contributed by atoms with van der Waals surface area (Å²) < 4.78 is 0. The van der Waals surface area contributed by atoms with Crippen LogP contribution < -0.4 is 0 Å². The van der Waals surface area contributed by atoms with Crippen LogP contribution in [0, 0.1) is 12.8 Å². The number of benzene rings is 1. The maximum atomic E-state index is 12.2. The van der Waals surface area contributed by atoms with Gasteiger partial charge in [-0.3, -0.25) is 9.69 Å². The SMILES string of the molecule is Cc1ccccc1CN(C)C(=O)CN1CC(O)(C(C)C)C1. The molecule has 1 amide bonds. The Kier molecular flexibility index (Phi) is 4.69. The molecule has 0 spiro atoms. The van der Waals surface area contributed by atoms with Crippen LogP contribution in [0.25, 0.3) is 0 Å². The molecule has 1 aromatic carbocycles. The van der Waals surface area contributed by atoms with E-state index >= 15 is 0 Å². The average Bonchev–Trinajstić information content (AvgIpc) is 2.39. The summed E-state index contributed by atoms with van der Waals surface area (Å²) in [6, 6.07) is 8.12. The van der Waals surface area contributed by atoms with E-state index in [1.165, 1.54) is 11.1 Å². The molecule has 21 heavy (non-hydrogen) atoms. The van der Waals surface area contributed by atoms with E-state index < -0.39 is 5.60 Å². The van der Waals surface area contributed by atoms with Crippen molar-refractivity contribution in [2.24, 2.45) is 5.92 Å². The quantitative estimate of drug-likeness (QED) is 0.897. The Morgan fingerprint density at radius 1 is 1.38 bits per heavy atom. The van der Waals surface area contributed by atoms with Gasteiger partial charge in [0, 0.05) is 26.7 Å². The van der Waals surface area contributed by atoms with Gasteiger partial charge in [-0.25, -0.2) is 0 Å². The fourth-order valence-electron chi connectivity index (χ4n) is 2.65. The first-order chi connectivity index (χ1) is 9.82. The summed E-state index contributed by atoms with van der Waals surface area (Å²) in [5.74, 6) is 0.331. The number of rotatable bonds is 5. The number of hydrogen-bond donors (Lipinski definition) is 1. The molecule has 0 aromatic heterocycles. The van der Waals surface area contributed by atoms with Gasteiger partial charge in [-0.05, 0) is 24.0 Å². The van der Waals surface area contributed by atoms with Gasteiger partial charge in [0.2, 0.25) is 5.91 Å². The molecule has 116 valence electrons. The predicted octanol–water partition coefficient (Wildman–Crippen LogP) is 1.66. The molecule has 1 fully saturated rings. The van der Waals surface area contributed by atoms with E-state index in [0.29, 0.717) is 26.2 Å². The lowest BCUT2D eigenvalue weighted by Crippen LogP contribution is -2.65. The lowest BCUT2D eigenvalue weighted by atomic mass is 9.83. The maximum absolute atomic E-state index is 12.2. The van der Waals surface area contributed by atoms with Crippen LogP contribution in [0.4, 0.5) is 0 Å². The molecule has 1 N–H and O–H groups in total. The summed E-state index contributed by atoms with van der Waals surface area (Å²) in [5, 5.41) is 10.2. The summed E-state index contributed by atoms with van der Waals surface area (Å²) in [6.45, 7) is 8.30. The summed E-state index contributed by atoms with van der Waals surface area (Å²) in [5.41, 5.74) is 1.76. The minimum atomic E-state index is -0.616. The highest BCUT2D eigenvalue weighted by atomic mass is 16.3. The van der Waals surface area contributed by atoms with Gasteiger partial charge in [0.25, 0.3) is 0 Å². The van der Waals surface area contributed by atoms with Crippen molar-refractivity contribution in [2.75, 3.05) is 26.7 Å². The van der Waals surface area contributed by atoms with Crippen molar-refractivity contribution < 1.29 is 9.90 Å². The molecule has 0 radical (unpaired) electrons. The predicted molar refractivity (Wildman–Crippen MR) is 83.9 cm³/mol. The molecule has 1 aliphatic rings. The zero-order chi connectivity index (χ0) is 15.6. The number of likely N-dealkylation sites (tertiary alicyclic amines) is 1. The van der Waals surface area contributed by atoms with Crippen molar-refractivity contribution in [1.29, 1.82) is 0 Å². The van der Waals surface area contributed by atoms with Crippen molar-refractivity contribution in [3.63, 3.8) is 0 Å². The first kappa shape index (κ1) is 16.0. The van der Waals surface area contributed by atoms with Crippen molar-refractivity contribution in [1.82, 2.24) is 9.80 Å². The smallest absolute Gasteiger partial charge is 0.236 e. The fraction of sp³-hybridized carbons (Fsp3) is 0.588. The highest BCUT2D eigenvalue weighted by Crippen LogP contribution is 2.28.